The van der Waals surface area contributed by atoms with E-state index in [1.54, 1.807) is 30.3 Å². The fourth-order valence-corrected chi connectivity index (χ4v) is 1.88. The van der Waals surface area contributed by atoms with E-state index in [1.165, 1.54) is 7.11 Å². The lowest BCUT2D eigenvalue weighted by molar-refractivity contribution is -0.145. The third-order valence-corrected chi connectivity index (χ3v) is 3.29. The summed E-state index contributed by atoms with van der Waals surface area (Å²) in [5.41, 5.74) is 0.334. The topological polar surface area (TPSA) is 75.7 Å². The molecule has 0 aromatic heterocycles. The largest absolute Gasteiger partial charge is 0.467 e. The Bertz CT molecular complexity index is 583. The second kappa shape index (κ2) is 8.85. The minimum atomic E-state index is -1.11. The highest BCUT2D eigenvalue weighted by Gasteiger charge is 2.30. The number of benzene rings is 1. The first-order valence-corrected chi connectivity index (χ1v) is 7.42. The Morgan fingerprint density at radius 1 is 1.36 bits per heavy atom. The summed E-state index contributed by atoms with van der Waals surface area (Å²) in [5, 5.41) is 2.57. The van der Waals surface area contributed by atoms with Crippen LogP contribution in [-0.2, 0) is 14.3 Å². The van der Waals surface area contributed by atoms with Gasteiger partial charge in [0.1, 0.15) is 0 Å². The van der Waals surface area contributed by atoms with Gasteiger partial charge in [-0.15, -0.1) is 0 Å². The molecule has 22 heavy (non-hydrogen) atoms. The maximum Gasteiger partial charge on any atom is 0.331 e. The van der Waals surface area contributed by atoms with Gasteiger partial charge in [0, 0.05) is 18.2 Å². The first-order valence-electron chi connectivity index (χ1n) is 6.30. The number of hydrogen-bond donors (Lipinski definition) is 1. The molecule has 1 aromatic rings. The molecule has 1 rings (SSSR count). The van der Waals surface area contributed by atoms with Gasteiger partial charge in [-0.2, -0.15) is 0 Å². The molecule has 0 aliphatic heterocycles. The maximum absolute atomic E-state index is 12.4. The average molecular weight is 367 g/mol. The molecule has 2 amide bonds. The van der Waals surface area contributed by atoms with E-state index < -0.39 is 17.9 Å². The first-order chi connectivity index (χ1) is 10.5. The second-order valence-electron chi connectivity index (χ2n) is 4.15. The van der Waals surface area contributed by atoms with Gasteiger partial charge in [0.25, 0.3) is 5.91 Å². The van der Waals surface area contributed by atoms with Crippen molar-refractivity contribution >= 4 is 33.7 Å². The monoisotopic (exact) mass is 366 g/mol. The van der Waals surface area contributed by atoms with Crippen LogP contribution in [-0.4, -0.2) is 47.7 Å². The summed E-state index contributed by atoms with van der Waals surface area (Å²) in [6.45, 7) is -0.139. The maximum atomic E-state index is 12.4. The van der Waals surface area contributed by atoms with Crippen molar-refractivity contribution in [2.45, 2.75) is 6.04 Å². The van der Waals surface area contributed by atoms with E-state index in [0.29, 0.717) is 5.56 Å². The fraction of sp³-hybridized carbons (Fsp3) is 0.267. The van der Waals surface area contributed by atoms with Gasteiger partial charge >= 0.3 is 5.97 Å². The summed E-state index contributed by atoms with van der Waals surface area (Å²) in [4.78, 5) is 36.5. The molecule has 1 atom stereocenters. The Morgan fingerprint density at radius 3 is 2.50 bits per heavy atom. The van der Waals surface area contributed by atoms with Crippen molar-refractivity contribution in [2.24, 2.45) is 0 Å². The summed E-state index contributed by atoms with van der Waals surface area (Å²) < 4.78 is 4.66. The molecule has 0 saturated heterocycles. The number of nitrogens with zero attached hydrogens (tertiary/aromatic N) is 1. The number of alkyl halides is 1. The Balaban J connectivity index is 2.98. The number of esters is 1. The van der Waals surface area contributed by atoms with Gasteiger partial charge in [0.05, 0.1) is 12.4 Å². The molecule has 1 unspecified atom stereocenters. The Morgan fingerprint density at radius 2 is 2.00 bits per heavy atom. The molecule has 0 bridgehead atoms. The molecule has 1 N–H and O–H groups in total. The normalized spacial score (nSPS) is 11.0. The third kappa shape index (κ3) is 4.60. The second-order valence-corrected chi connectivity index (χ2v) is 4.71. The van der Waals surface area contributed by atoms with Crippen LogP contribution >= 0.6 is 15.9 Å². The molecular formula is C15H15BrN2O4. The highest BCUT2D eigenvalue weighted by Crippen LogP contribution is 2.09. The van der Waals surface area contributed by atoms with Crippen molar-refractivity contribution < 1.29 is 19.1 Å². The fourth-order valence-electron chi connectivity index (χ4n) is 1.68. The number of hydrogen-bond acceptors (Lipinski definition) is 4. The van der Waals surface area contributed by atoms with Gasteiger partial charge in [-0.05, 0) is 12.1 Å². The van der Waals surface area contributed by atoms with Crippen molar-refractivity contribution in [1.29, 1.82) is 0 Å². The Kier molecular flexibility index (Phi) is 7.13. The van der Waals surface area contributed by atoms with E-state index >= 15 is 0 Å². The van der Waals surface area contributed by atoms with E-state index in [-0.39, 0.29) is 17.8 Å². The smallest absolute Gasteiger partial charge is 0.331 e. The van der Waals surface area contributed by atoms with Crippen LogP contribution in [0.1, 0.15) is 10.4 Å². The van der Waals surface area contributed by atoms with Crippen LogP contribution in [0.5, 0.6) is 0 Å². The zero-order chi connectivity index (χ0) is 16.5. The quantitative estimate of drug-likeness (QED) is 0.349. The predicted octanol–water partition coefficient (Wildman–Crippen LogP) is 0.772. The van der Waals surface area contributed by atoms with Gasteiger partial charge in [-0.3, -0.25) is 14.5 Å². The highest BCUT2D eigenvalue weighted by molar-refractivity contribution is 9.09. The summed E-state index contributed by atoms with van der Waals surface area (Å²) >= 11 is 2.99. The first kappa shape index (κ1) is 17.7. The molecule has 0 radical (unpaired) electrons. The van der Waals surface area contributed by atoms with Gasteiger partial charge in [0.15, 0.2) is 6.04 Å². The predicted molar refractivity (Wildman–Crippen MR) is 84.1 cm³/mol. The van der Waals surface area contributed by atoms with Gasteiger partial charge < -0.3 is 10.1 Å². The number of amides is 2. The van der Waals surface area contributed by atoms with Crippen molar-refractivity contribution in [3.05, 3.63) is 35.9 Å². The lowest BCUT2D eigenvalue weighted by Gasteiger charge is -2.24. The Hall–Kier alpha value is -2.33. The molecule has 0 aliphatic rings. The molecule has 0 heterocycles. The minimum Gasteiger partial charge on any atom is -0.467 e. The Labute approximate surface area is 136 Å². The van der Waals surface area contributed by atoms with E-state index in [0.717, 1.165) is 4.90 Å². The number of halogens is 1. The highest BCUT2D eigenvalue weighted by atomic mass is 79.9. The number of nitrogens with one attached hydrogen (secondary N) is 1. The number of methoxy groups -OCH3 is 1. The van der Waals surface area contributed by atoms with Crippen LogP contribution < -0.4 is 5.32 Å². The van der Waals surface area contributed by atoms with Crippen molar-refractivity contribution in [3.8, 4) is 12.5 Å². The summed E-state index contributed by atoms with van der Waals surface area (Å²) in [5.74, 6) is -1.57. The van der Waals surface area contributed by atoms with Crippen LogP contribution in [0.3, 0.4) is 0 Å². The molecule has 6 nitrogen and oxygen atoms in total. The number of terminal acetylenes is 1. The molecule has 0 fully saturated rings. The molecule has 1 aromatic carbocycles. The van der Waals surface area contributed by atoms with Gasteiger partial charge in [-0.1, -0.05) is 40.6 Å². The van der Waals surface area contributed by atoms with Crippen LogP contribution in [0, 0.1) is 12.5 Å². The molecule has 0 saturated carbocycles. The van der Waals surface area contributed by atoms with E-state index in [4.69, 9.17) is 6.42 Å². The van der Waals surface area contributed by atoms with Crippen LogP contribution in [0.4, 0.5) is 0 Å². The number of carbonyl (C=O) groups excluding carboxylic acids is 3. The van der Waals surface area contributed by atoms with Crippen LogP contribution in [0.15, 0.2) is 30.3 Å². The number of carbonyl (C=O) groups is 3. The third-order valence-electron chi connectivity index (χ3n) is 2.78. The van der Waals surface area contributed by atoms with E-state index in [2.05, 4.69) is 32.0 Å². The van der Waals surface area contributed by atoms with E-state index in [1.807, 2.05) is 0 Å². The van der Waals surface area contributed by atoms with Crippen molar-refractivity contribution in [3.63, 3.8) is 0 Å². The van der Waals surface area contributed by atoms with Crippen LogP contribution in [0.25, 0.3) is 0 Å². The molecule has 0 spiro atoms. The molecule has 116 valence electrons. The van der Waals surface area contributed by atoms with Gasteiger partial charge in [0.2, 0.25) is 5.91 Å². The van der Waals surface area contributed by atoms with Crippen molar-refractivity contribution in [2.75, 3.05) is 19.0 Å². The van der Waals surface area contributed by atoms with Crippen LogP contribution in [0.2, 0.25) is 0 Å². The van der Waals surface area contributed by atoms with E-state index in [9.17, 15) is 14.4 Å². The SMILES string of the molecule is C#CN(C(=O)c1ccccc1)C(CNC(=O)CBr)C(=O)OC. The lowest BCUT2D eigenvalue weighted by Crippen LogP contribution is -2.49. The zero-order valence-corrected chi connectivity index (χ0v) is 13.5. The molecular weight excluding hydrogens is 352 g/mol. The summed E-state index contributed by atoms with van der Waals surface area (Å²) in [7, 11) is 1.18. The molecule has 0 aliphatic carbocycles. The summed E-state index contributed by atoms with van der Waals surface area (Å²) in [6.07, 6.45) is 5.37. The standard InChI is InChI=1S/C15H15BrN2O4/c1-3-18(14(20)11-7-5-4-6-8-11)12(15(21)22-2)10-17-13(19)9-16/h1,4-8,12H,9-10H2,2H3,(H,17,19). The molecule has 7 heteroatoms. The summed E-state index contributed by atoms with van der Waals surface area (Å²) in [6, 6.07) is 9.35. The zero-order valence-electron chi connectivity index (χ0n) is 11.9. The average Bonchev–Trinajstić information content (AvgIpc) is 2.57. The number of rotatable bonds is 6. The minimum absolute atomic E-state index is 0.0730. The van der Waals surface area contributed by atoms with Crippen molar-refractivity contribution in [1.82, 2.24) is 10.2 Å². The number of ether oxygens (including phenoxy) is 1. The van der Waals surface area contributed by atoms with Gasteiger partial charge in [-0.25, -0.2) is 4.79 Å². The lowest BCUT2D eigenvalue weighted by atomic mass is 10.1.